The molecule has 5 heteroatoms. The van der Waals surface area contributed by atoms with Crippen LogP contribution in [-0.2, 0) is 16.1 Å². The second-order valence-electron chi connectivity index (χ2n) is 9.22. The number of para-hydroxylation sites is 1. The van der Waals surface area contributed by atoms with E-state index >= 15 is 0 Å². The molecule has 0 bridgehead atoms. The predicted molar refractivity (Wildman–Crippen MR) is 125 cm³/mol. The van der Waals surface area contributed by atoms with Gasteiger partial charge in [0.05, 0.1) is 6.54 Å². The first kappa shape index (κ1) is 20.2. The zero-order valence-corrected chi connectivity index (χ0v) is 18.4. The molecule has 166 valence electrons. The molecule has 2 heterocycles. The summed E-state index contributed by atoms with van der Waals surface area (Å²) in [5.74, 6) is -0.337. The molecule has 4 nitrogen and oxygen atoms in total. The van der Waals surface area contributed by atoms with Gasteiger partial charge in [0.2, 0.25) is 0 Å². The maximum absolute atomic E-state index is 14.5. The smallest absolute Gasteiger partial charge is 0.161 e. The van der Waals surface area contributed by atoms with E-state index in [-0.39, 0.29) is 23.3 Å². The van der Waals surface area contributed by atoms with Crippen LogP contribution in [0.5, 0.6) is 0 Å². The molecule has 6 rings (SSSR count). The van der Waals surface area contributed by atoms with E-state index in [1.807, 2.05) is 41.1 Å². The number of benzene rings is 2. The molecule has 0 amide bonds. The third-order valence-corrected chi connectivity index (χ3v) is 7.22. The first-order valence-electron chi connectivity index (χ1n) is 11.7. The minimum Gasteiger partial charge on any atom is -0.362 e. The number of dihydropyridines is 1. The SMILES string of the molecule is O=C1CCCC2=C1C(c1cn(Cc3ccccc3F)c3ccccc13)C1=C(CCCC1=O)N2. The predicted octanol–water partition coefficient (Wildman–Crippen LogP) is 5.53. The number of fused-ring (bicyclic) bond motifs is 1. The molecule has 0 spiro atoms. The summed E-state index contributed by atoms with van der Waals surface area (Å²) in [4.78, 5) is 26.4. The number of allylic oxidation sites excluding steroid dienone is 4. The fourth-order valence-electron chi connectivity index (χ4n) is 5.74. The number of halogens is 1. The monoisotopic (exact) mass is 440 g/mol. The Kier molecular flexibility index (Phi) is 4.79. The number of carbonyl (C=O) groups is 2. The van der Waals surface area contributed by atoms with E-state index in [1.165, 1.54) is 6.07 Å². The summed E-state index contributed by atoms with van der Waals surface area (Å²) >= 11 is 0. The molecule has 3 aromatic rings. The van der Waals surface area contributed by atoms with Gasteiger partial charge < -0.3 is 9.88 Å². The lowest BCUT2D eigenvalue weighted by Gasteiger charge is -2.37. The molecule has 1 aromatic heterocycles. The molecule has 1 aliphatic heterocycles. The molecule has 0 saturated carbocycles. The van der Waals surface area contributed by atoms with Gasteiger partial charge in [-0.2, -0.15) is 0 Å². The third kappa shape index (κ3) is 3.26. The highest BCUT2D eigenvalue weighted by Gasteiger charge is 2.41. The Morgan fingerprint density at radius 3 is 2.18 bits per heavy atom. The summed E-state index contributed by atoms with van der Waals surface area (Å²) < 4.78 is 16.5. The fraction of sp³-hybridized carbons (Fsp3) is 0.286. The maximum atomic E-state index is 14.5. The third-order valence-electron chi connectivity index (χ3n) is 7.22. The molecule has 0 radical (unpaired) electrons. The lowest BCUT2D eigenvalue weighted by Crippen LogP contribution is -2.36. The molecule has 0 atom stereocenters. The number of hydrogen-bond donors (Lipinski definition) is 1. The molecule has 0 unspecified atom stereocenters. The quantitative estimate of drug-likeness (QED) is 0.583. The highest BCUT2D eigenvalue weighted by molar-refractivity contribution is 6.07. The average molecular weight is 441 g/mol. The summed E-state index contributed by atoms with van der Waals surface area (Å²) in [7, 11) is 0. The van der Waals surface area contributed by atoms with Crippen molar-refractivity contribution in [1.82, 2.24) is 9.88 Å². The van der Waals surface area contributed by atoms with E-state index in [0.717, 1.165) is 64.7 Å². The molecular formula is C28H25FN2O2. The van der Waals surface area contributed by atoms with Gasteiger partial charge in [-0.3, -0.25) is 9.59 Å². The Labute approximate surface area is 191 Å². The van der Waals surface area contributed by atoms with Crippen molar-refractivity contribution in [3.8, 4) is 0 Å². The topological polar surface area (TPSA) is 51.1 Å². The van der Waals surface area contributed by atoms with Crippen molar-refractivity contribution >= 4 is 22.5 Å². The molecule has 0 saturated heterocycles. The Hall–Kier alpha value is -3.47. The van der Waals surface area contributed by atoms with Gasteiger partial charge in [0.25, 0.3) is 0 Å². The van der Waals surface area contributed by atoms with E-state index in [9.17, 15) is 14.0 Å². The van der Waals surface area contributed by atoms with Crippen LogP contribution in [0.4, 0.5) is 4.39 Å². The van der Waals surface area contributed by atoms with Gasteiger partial charge in [-0.1, -0.05) is 36.4 Å². The van der Waals surface area contributed by atoms with Crippen molar-refractivity contribution in [1.29, 1.82) is 0 Å². The summed E-state index contributed by atoms with van der Waals surface area (Å²) in [5, 5.41) is 4.49. The van der Waals surface area contributed by atoms with Crippen LogP contribution in [-0.4, -0.2) is 16.1 Å². The highest BCUT2D eigenvalue weighted by atomic mass is 19.1. The Bertz CT molecular complexity index is 1340. The first-order valence-corrected chi connectivity index (χ1v) is 11.7. The summed E-state index contributed by atoms with van der Waals surface area (Å²) in [6, 6.07) is 14.8. The Morgan fingerprint density at radius 2 is 1.48 bits per heavy atom. The Morgan fingerprint density at radius 1 is 0.848 bits per heavy atom. The van der Waals surface area contributed by atoms with Gasteiger partial charge in [0.1, 0.15) is 5.82 Å². The number of hydrogen-bond acceptors (Lipinski definition) is 3. The van der Waals surface area contributed by atoms with Crippen molar-refractivity contribution in [2.24, 2.45) is 0 Å². The number of carbonyl (C=O) groups excluding carboxylic acids is 2. The Balaban J connectivity index is 1.57. The molecule has 2 aromatic carbocycles. The highest BCUT2D eigenvalue weighted by Crippen LogP contribution is 2.47. The van der Waals surface area contributed by atoms with E-state index < -0.39 is 0 Å². The zero-order chi connectivity index (χ0) is 22.5. The maximum Gasteiger partial charge on any atom is 0.161 e. The fourth-order valence-corrected chi connectivity index (χ4v) is 5.74. The van der Waals surface area contributed by atoms with Gasteiger partial charge in [0, 0.05) is 64.0 Å². The van der Waals surface area contributed by atoms with Gasteiger partial charge in [-0.15, -0.1) is 0 Å². The van der Waals surface area contributed by atoms with Gasteiger partial charge in [0.15, 0.2) is 11.6 Å². The normalized spacial score (nSPS) is 19.1. The van der Waals surface area contributed by atoms with E-state index in [4.69, 9.17) is 0 Å². The van der Waals surface area contributed by atoms with Crippen molar-refractivity contribution in [2.75, 3.05) is 0 Å². The van der Waals surface area contributed by atoms with Crippen molar-refractivity contribution in [3.63, 3.8) is 0 Å². The van der Waals surface area contributed by atoms with Gasteiger partial charge >= 0.3 is 0 Å². The summed E-state index contributed by atoms with van der Waals surface area (Å²) in [6.45, 7) is 0.387. The van der Waals surface area contributed by atoms with Crippen LogP contribution in [0, 0.1) is 5.82 Å². The van der Waals surface area contributed by atoms with Crippen molar-refractivity contribution in [3.05, 3.63) is 94.2 Å². The van der Waals surface area contributed by atoms with E-state index in [1.54, 1.807) is 12.1 Å². The van der Waals surface area contributed by atoms with Gasteiger partial charge in [-0.05, 0) is 43.4 Å². The van der Waals surface area contributed by atoms with Crippen molar-refractivity contribution in [2.45, 2.75) is 51.0 Å². The molecule has 33 heavy (non-hydrogen) atoms. The van der Waals surface area contributed by atoms with E-state index in [0.29, 0.717) is 24.9 Å². The number of aromatic nitrogens is 1. The average Bonchev–Trinajstić information content (AvgIpc) is 3.18. The second kappa shape index (κ2) is 7.84. The molecule has 3 aliphatic rings. The van der Waals surface area contributed by atoms with Crippen LogP contribution in [0.25, 0.3) is 10.9 Å². The van der Waals surface area contributed by atoms with Crippen LogP contribution in [0.15, 0.2) is 77.3 Å². The van der Waals surface area contributed by atoms with Crippen molar-refractivity contribution < 1.29 is 14.0 Å². The number of nitrogens with one attached hydrogen (secondary N) is 1. The van der Waals surface area contributed by atoms with Crippen LogP contribution in [0.2, 0.25) is 0 Å². The molecule has 1 N–H and O–H groups in total. The van der Waals surface area contributed by atoms with Crippen LogP contribution in [0.1, 0.15) is 55.6 Å². The van der Waals surface area contributed by atoms with Crippen LogP contribution < -0.4 is 5.32 Å². The molecule has 0 fully saturated rings. The van der Waals surface area contributed by atoms with Gasteiger partial charge in [-0.25, -0.2) is 4.39 Å². The summed E-state index contributed by atoms with van der Waals surface area (Å²) in [5.41, 5.74) is 6.02. The number of nitrogens with zero attached hydrogens (tertiary/aromatic N) is 1. The number of rotatable bonds is 3. The zero-order valence-electron chi connectivity index (χ0n) is 18.4. The summed E-state index contributed by atoms with van der Waals surface area (Å²) in [6.07, 6.45) is 6.40. The number of ketones is 2. The lowest BCUT2D eigenvalue weighted by molar-refractivity contribution is -0.116. The van der Waals surface area contributed by atoms with Crippen LogP contribution >= 0.6 is 0 Å². The molecule has 2 aliphatic carbocycles. The minimum atomic E-state index is -0.358. The first-order chi connectivity index (χ1) is 16.1. The lowest BCUT2D eigenvalue weighted by atomic mass is 9.71. The standard InChI is InChI=1S/C28H25FN2O2/c29-20-9-3-1-7-17(20)15-31-16-19(18-8-2-4-12-23(18)31)26-27-21(10-5-13-24(27)32)30-22-11-6-14-25(33)28(22)26/h1-4,7-9,12,16,26,30H,5-6,10-11,13-15H2. The minimum absolute atomic E-state index is 0.129. The largest absolute Gasteiger partial charge is 0.362 e. The molecular weight excluding hydrogens is 415 g/mol. The second-order valence-corrected chi connectivity index (χ2v) is 9.22. The van der Waals surface area contributed by atoms with Crippen LogP contribution in [0.3, 0.4) is 0 Å². The number of Topliss-reactive ketones (excluding diaryl/α,β-unsaturated/α-hetero) is 2. The van der Waals surface area contributed by atoms with E-state index in [2.05, 4.69) is 5.32 Å².